The maximum atomic E-state index is 12.5. The number of nitrogen functional groups attached to an aromatic ring is 1. The van der Waals surface area contributed by atoms with E-state index in [-0.39, 0.29) is 5.91 Å². The van der Waals surface area contributed by atoms with E-state index in [0.29, 0.717) is 23.3 Å². The Morgan fingerprint density at radius 3 is 2.42 bits per heavy atom. The van der Waals surface area contributed by atoms with Crippen molar-refractivity contribution in [1.82, 2.24) is 9.80 Å². The largest absolute Gasteiger partial charge is 0.398 e. The molecule has 1 heterocycles. The third-order valence-corrected chi connectivity index (χ3v) is 4.58. The third-order valence-electron chi connectivity index (χ3n) is 3.89. The molecule has 1 aromatic rings. The molecule has 0 aromatic heterocycles. The van der Waals surface area contributed by atoms with Gasteiger partial charge in [-0.15, -0.1) is 0 Å². The summed E-state index contributed by atoms with van der Waals surface area (Å²) in [4.78, 5) is 16.7. The molecule has 5 heteroatoms. The number of carbonyl (C=O) groups is 1. The molecule has 1 fully saturated rings. The Morgan fingerprint density at radius 2 is 1.89 bits per heavy atom. The molecule has 2 atom stereocenters. The average Bonchev–Trinajstić information content (AvgIpc) is 2.37. The van der Waals surface area contributed by atoms with Crippen molar-refractivity contribution in [1.29, 1.82) is 0 Å². The topological polar surface area (TPSA) is 49.6 Å². The molecule has 1 aliphatic rings. The first kappa shape index (κ1) is 14.3. The van der Waals surface area contributed by atoms with Crippen molar-refractivity contribution in [2.75, 3.05) is 25.9 Å². The molecule has 1 aromatic carbocycles. The van der Waals surface area contributed by atoms with Crippen LogP contribution in [0.15, 0.2) is 22.7 Å². The number of benzene rings is 1. The number of rotatable bonds is 1. The fourth-order valence-corrected chi connectivity index (χ4v) is 2.79. The predicted octanol–water partition coefficient (Wildman–Crippen LogP) is 2.20. The molecule has 2 unspecified atom stereocenters. The molecule has 1 aliphatic heterocycles. The maximum absolute atomic E-state index is 12.5. The van der Waals surface area contributed by atoms with Gasteiger partial charge >= 0.3 is 0 Å². The summed E-state index contributed by atoms with van der Waals surface area (Å²) < 4.78 is 0.772. The van der Waals surface area contributed by atoms with Gasteiger partial charge in [-0.3, -0.25) is 9.69 Å². The Balaban J connectivity index is 2.17. The van der Waals surface area contributed by atoms with Gasteiger partial charge in [0, 0.05) is 40.9 Å². The second kappa shape index (κ2) is 5.51. The molecule has 104 valence electrons. The molecule has 0 bridgehead atoms. The number of piperazine rings is 1. The SMILES string of the molecule is CC1CN(C(=O)c2ccc(N)c(Br)c2)CC(C)N1C. The summed E-state index contributed by atoms with van der Waals surface area (Å²) in [6.07, 6.45) is 0. The zero-order valence-electron chi connectivity index (χ0n) is 11.6. The van der Waals surface area contributed by atoms with Crippen LogP contribution in [-0.4, -0.2) is 47.9 Å². The van der Waals surface area contributed by atoms with Gasteiger partial charge in [0.25, 0.3) is 5.91 Å². The lowest BCUT2D eigenvalue weighted by molar-refractivity contribution is 0.0414. The maximum Gasteiger partial charge on any atom is 0.254 e. The minimum atomic E-state index is 0.0764. The van der Waals surface area contributed by atoms with Crippen molar-refractivity contribution >= 4 is 27.5 Å². The number of halogens is 1. The molecule has 1 saturated heterocycles. The highest BCUT2D eigenvalue weighted by Gasteiger charge is 2.29. The third kappa shape index (κ3) is 2.92. The number of hydrogen-bond acceptors (Lipinski definition) is 3. The molecule has 2 rings (SSSR count). The molecule has 1 amide bonds. The number of carbonyl (C=O) groups excluding carboxylic acids is 1. The monoisotopic (exact) mass is 325 g/mol. The Hall–Kier alpha value is -1.07. The van der Waals surface area contributed by atoms with Crippen LogP contribution in [0.25, 0.3) is 0 Å². The Morgan fingerprint density at radius 1 is 1.32 bits per heavy atom. The summed E-state index contributed by atoms with van der Waals surface area (Å²) in [5.41, 5.74) is 7.09. The van der Waals surface area contributed by atoms with Crippen LogP contribution in [0.5, 0.6) is 0 Å². The Bertz CT molecular complexity index is 480. The molecule has 0 spiro atoms. The van der Waals surface area contributed by atoms with Gasteiger partial charge < -0.3 is 10.6 Å². The van der Waals surface area contributed by atoms with E-state index in [0.717, 1.165) is 17.6 Å². The molecule has 0 aliphatic carbocycles. The van der Waals surface area contributed by atoms with Gasteiger partial charge in [-0.1, -0.05) is 0 Å². The normalized spacial score (nSPS) is 24.5. The number of nitrogens with zero attached hydrogens (tertiary/aromatic N) is 2. The predicted molar refractivity (Wildman–Crippen MR) is 81.1 cm³/mol. The average molecular weight is 326 g/mol. The first-order valence-corrected chi connectivity index (χ1v) is 7.25. The molecule has 2 N–H and O–H groups in total. The number of anilines is 1. The Kier molecular flexibility index (Phi) is 4.16. The van der Waals surface area contributed by atoms with Gasteiger partial charge in [0.05, 0.1) is 0 Å². The zero-order valence-corrected chi connectivity index (χ0v) is 13.1. The number of amides is 1. The zero-order chi connectivity index (χ0) is 14.2. The lowest BCUT2D eigenvalue weighted by atomic mass is 10.1. The second-order valence-corrected chi connectivity index (χ2v) is 6.16. The summed E-state index contributed by atoms with van der Waals surface area (Å²) in [6, 6.07) is 6.11. The van der Waals surface area contributed by atoms with Crippen molar-refractivity contribution in [3.05, 3.63) is 28.2 Å². The van der Waals surface area contributed by atoms with Gasteiger partial charge in [-0.2, -0.15) is 0 Å². The summed E-state index contributed by atoms with van der Waals surface area (Å²) in [5, 5.41) is 0. The van der Waals surface area contributed by atoms with Gasteiger partial charge in [0.1, 0.15) is 0 Å². The number of likely N-dealkylation sites (N-methyl/N-ethyl adjacent to an activating group) is 1. The first-order valence-electron chi connectivity index (χ1n) is 6.46. The molecular weight excluding hydrogens is 306 g/mol. The van der Waals surface area contributed by atoms with Crippen molar-refractivity contribution in [3.63, 3.8) is 0 Å². The second-order valence-electron chi connectivity index (χ2n) is 5.31. The number of hydrogen-bond donors (Lipinski definition) is 1. The van der Waals surface area contributed by atoms with E-state index in [1.54, 1.807) is 18.2 Å². The highest BCUT2D eigenvalue weighted by Crippen LogP contribution is 2.22. The van der Waals surface area contributed by atoms with Crippen LogP contribution in [0.4, 0.5) is 5.69 Å². The highest BCUT2D eigenvalue weighted by atomic mass is 79.9. The van der Waals surface area contributed by atoms with Crippen LogP contribution in [-0.2, 0) is 0 Å². The summed E-state index contributed by atoms with van der Waals surface area (Å²) in [6.45, 7) is 5.83. The molecule has 4 nitrogen and oxygen atoms in total. The quantitative estimate of drug-likeness (QED) is 0.805. The van der Waals surface area contributed by atoms with Crippen LogP contribution in [0.1, 0.15) is 24.2 Å². The van der Waals surface area contributed by atoms with E-state index in [1.807, 2.05) is 4.90 Å². The van der Waals surface area contributed by atoms with E-state index in [9.17, 15) is 4.79 Å². The first-order chi connectivity index (χ1) is 8.90. The van der Waals surface area contributed by atoms with Crippen molar-refractivity contribution in [2.45, 2.75) is 25.9 Å². The fraction of sp³-hybridized carbons (Fsp3) is 0.500. The van der Waals surface area contributed by atoms with E-state index >= 15 is 0 Å². The van der Waals surface area contributed by atoms with Gasteiger partial charge in [-0.05, 0) is 55.0 Å². The van der Waals surface area contributed by atoms with E-state index in [2.05, 4.69) is 41.7 Å². The van der Waals surface area contributed by atoms with Crippen LogP contribution >= 0.6 is 15.9 Å². The highest BCUT2D eigenvalue weighted by molar-refractivity contribution is 9.10. The fourth-order valence-electron chi connectivity index (χ4n) is 2.41. The molecule has 0 radical (unpaired) electrons. The minimum absolute atomic E-state index is 0.0764. The van der Waals surface area contributed by atoms with Gasteiger partial charge in [0.2, 0.25) is 0 Å². The van der Waals surface area contributed by atoms with Crippen LogP contribution in [0, 0.1) is 0 Å². The minimum Gasteiger partial charge on any atom is -0.398 e. The van der Waals surface area contributed by atoms with Crippen LogP contribution in [0.3, 0.4) is 0 Å². The summed E-state index contributed by atoms with van der Waals surface area (Å²) >= 11 is 3.37. The standard InChI is InChI=1S/C14H20BrN3O/c1-9-7-18(8-10(2)17(9)3)14(19)11-4-5-13(16)12(15)6-11/h4-6,9-10H,7-8,16H2,1-3H3. The van der Waals surface area contributed by atoms with E-state index < -0.39 is 0 Å². The Labute approximate surface area is 122 Å². The van der Waals surface area contributed by atoms with E-state index in [4.69, 9.17) is 5.73 Å². The van der Waals surface area contributed by atoms with Gasteiger partial charge in [0.15, 0.2) is 0 Å². The van der Waals surface area contributed by atoms with Gasteiger partial charge in [-0.25, -0.2) is 0 Å². The molecule has 19 heavy (non-hydrogen) atoms. The van der Waals surface area contributed by atoms with Crippen LogP contribution in [0.2, 0.25) is 0 Å². The summed E-state index contributed by atoms with van der Waals surface area (Å²) in [7, 11) is 2.11. The van der Waals surface area contributed by atoms with Crippen molar-refractivity contribution in [2.24, 2.45) is 0 Å². The van der Waals surface area contributed by atoms with Crippen molar-refractivity contribution < 1.29 is 4.79 Å². The van der Waals surface area contributed by atoms with Crippen molar-refractivity contribution in [3.8, 4) is 0 Å². The molecule has 0 saturated carbocycles. The lowest BCUT2D eigenvalue weighted by Crippen LogP contribution is -2.56. The lowest BCUT2D eigenvalue weighted by Gasteiger charge is -2.42. The number of nitrogens with two attached hydrogens (primary N) is 1. The smallest absolute Gasteiger partial charge is 0.254 e. The van der Waals surface area contributed by atoms with E-state index in [1.165, 1.54) is 0 Å². The van der Waals surface area contributed by atoms with Crippen LogP contribution < -0.4 is 5.73 Å². The summed E-state index contributed by atoms with van der Waals surface area (Å²) in [5.74, 6) is 0.0764. The molecular formula is C14H20BrN3O.